The maximum absolute atomic E-state index is 12.5. The molecule has 1 N–H and O–H groups in total. The Balaban J connectivity index is 2.13. The lowest BCUT2D eigenvalue weighted by Crippen LogP contribution is -2.35. The minimum absolute atomic E-state index is 0.107. The fourth-order valence-corrected chi connectivity index (χ4v) is 4.46. The quantitative estimate of drug-likeness (QED) is 0.814. The molecule has 0 aliphatic carbocycles. The normalized spacial score (nSPS) is 12.6. The number of carbonyl (C=O) groups excluding carboxylic acids is 1. The first kappa shape index (κ1) is 18.4. The van der Waals surface area contributed by atoms with Crippen LogP contribution in [0.15, 0.2) is 46.0 Å². The van der Waals surface area contributed by atoms with Crippen LogP contribution in [0.25, 0.3) is 0 Å². The van der Waals surface area contributed by atoms with Gasteiger partial charge in [-0.25, -0.2) is 8.42 Å². The number of rotatable bonds is 7. The van der Waals surface area contributed by atoms with Crippen molar-refractivity contribution in [2.45, 2.75) is 17.2 Å². The summed E-state index contributed by atoms with van der Waals surface area (Å²) in [5.41, 5.74) is 0.952. The van der Waals surface area contributed by atoms with Crippen LogP contribution in [-0.2, 0) is 14.8 Å². The average Bonchev–Trinajstić information content (AvgIpc) is 3.09. The molecule has 1 atom stereocenters. The highest BCUT2D eigenvalue weighted by atomic mass is 32.2. The number of anilines is 1. The van der Waals surface area contributed by atoms with Gasteiger partial charge in [0.05, 0.1) is 12.3 Å². The summed E-state index contributed by atoms with van der Waals surface area (Å²) in [5.74, 6) is -0.227. The molecule has 0 saturated heterocycles. The monoisotopic (exact) mass is 368 g/mol. The van der Waals surface area contributed by atoms with Crippen molar-refractivity contribution < 1.29 is 17.9 Å². The minimum Gasteiger partial charge on any atom is -0.383 e. The van der Waals surface area contributed by atoms with Gasteiger partial charge < -0.3 is 10.1 Å². The van der Waals surface area contributed by atoms with E-state index in [9.17, 15) is 13.2 Å². The number of thiophene rings is 1. The van der Waals surface area contributed by atoms with Gasteiger partial charge in [0.25, 0.3) is 15.9 Å². The molecular formula is C16H20N2O4S2. The van der Waals surface area contributed by atoms with Gasteiger partial charge in [0.1, 0.15) is 4.21 Å². The Labute approximate surface area is 146 Å². The molecule has 1 amide bonds. The van der Waals surface area contributed by atoms with E-state index >= 15 is 0 Å². The largest absolute Gasteiger partial charge is 0.383 e. The van der Waals surface area contributed by atoms with Crippen LogP contribution in [0, 0.1) is 0 Å². The molecule has 24 heavy (non-hydrogen) atoms. The maximum atomic E-state index is 12.5. The van der Waals surface area contributed by atoms with Crippen LogP contribution in [0.2, 0.25) is 0 Å². The summed E-state index contributed by atoms with van der Waals surface area (Å²) in [6.07, 6.45) is 0. The lowest BCUT2D eigenvalue weighted by atomic mass is 10.2. The van der Waals surface area contributed by atoms with Crippen LogP contribution in [0.5, 0.6) is 0 Å². The Morgan fingerprint density at radius 1 is 1.29 bits per heavy atom. The number of benzene rings is 1. The Morgan fingerprint density at radius 2 is 1.96 bits per heavy atom. The molecule has 2 rings (SSSR count). The number of sulfonamides is 1. The summed E-state index contributed by atoms with van der Waals surface area (Å²) in [5, 5.41) is 4.52. The van der Waals surface area contributed by atoms with E-state index in [0.717, 1.165) is 0 Å². The zero-order valence-electron chi connectivity index (χ0n) is 13.7. The molecule has 0 aliphatic rings. The third kappa shape index (κ3) is 4.14. The van der Waals surface area contributed by atoms with Crippen molar-refractivity contribution in [2.75, 3.05) is 25.1 Å². The molecule has 1 heterocycles. The zero-order valence-corrected chi connectivity index (χ0v) is 15.4. The van der Waals surface area contributed by atoms with Crippen molar-refractivity contribution in [1.29, 1.82) is 0 Å². The number of amides is 1. The van der Waals surface area contributed by atoms with Gasteiger partial charge in [0, 0.05) is 25.8 Å². The van der Waals surface area contributed by atoms with Gasteiger partial charge in [0.15, 0.2) is 0 Å². The molecule has 6 nitrogen and oxygen atoms in total. The van der Waals surface area contributed by atoms with Crippen molar-refractivity contribution in [3.63, 3.8) is 0 Å². The summed E-state index contributed by atoms with van der Waals surface area (Å²) in [6.45, 7) is 2.27. The number of hydrogen-bond donors (Lipinski definition) is 1. The molecule has 0 radical (unpaired) electrons. The van der Waals surface area contributed by atoms with Crippen molar-refractivity contribution in [2.24, 2.45) is 0 Å². The van der Waals surface area contributed by atoms with Gasteiger partial charge in [-0.2, -0.15) is 0 Å². The third-order valence-electron chi connectivity index (χ3n) is 3.40. The molecule has 2 aromatic rings. The molecule has 0 saturated carbocycles. The number of nitrogens with one attached hydrogen (secondary N) is 1. The van der Waals surface area contributed by atoms with E-state index in [1.54, 1.807) is 48.9 Å². The fourth-order valence-electron chi connectivity index (χ4n) is 2.11. The number of hydrogen-bond acceptors (Lipinski definition) is 5. The first-order valence-electron chi connectivity index (χ1n) is 7.28. The van der Waals surface area contributed by atoms with Crippen molar-refractivity contribution in [3.05, 3.63) is 47.3 Å². The number of carbonyl (C=O) groups is 1. The highest BCUT2D eigenvalue weighted by Gasteiger charge is 2.22. The number of methoxy groups -OCH3 is 1. The summed E-state index contributed by atoms with van der Waals surface area (Å²) >= 11 is 1.17. The van der Waals surface area contributed by atoms with Crippen LogP contribution in [0.4, 0.5) is 5.69 Å². The highest BCUT2D eigenvalue weighted by Crippen LogP contribution is 2.25. The lowest BCUT2D eigenvalue weighted by molar-refractivity contribution is 0.0905. The predicted molar refractivity (Wildman–Crippen MR) is 95.2 cm³/mol. The molecule has 0 unspecified atom stereocenters. The zero-order chi connectivity index (χ0) is 17.7. The van der Waals surface area contributed by atoms with E-state index in [-0.39, 0.29) is 16.2 Å². The molecule has 1 aromatic carbocycles. The Morgan fingerprint density at radius 3 is 2.50 bits per heavy atom. The van der Waals surface area contributed by atoms with E-state index in [1.807, 2.05) is 6.92 Å². The first-order valence-corrected chi connectivity index (χ1v) is 9.60. The van der Waals surface area contributed by atoms with Crippen LogP contribution in [-0.4, -0.2) is 41.1 Å². The van der Waals surface area contributed by atoms with Crippen molar-refractivity contribution in [1.82, 2.24) is 5.32 Å². The second-order valence-corrected chi connectivity index (χ2v) is 8.43. The summed E-state index contributed by atoms with van der Waals surface area (Å²) in [4.78, 5) is 12.1. The highest BCUT2D eigenvalue weighted by molar-refractivity contribution is 7.94. The van der Waals surface area contributed by atoms with Gasteiger partial charge in [-0.1, -0.05) is 6.07 Å². The fraction of sp³-hybridized carbons (Fsp3) is 0.312. The topological polar surface area (TPSA) is 75.7 Å². The van der Waals surface area contributed by atoms with Gasteiger partial charge in [-0.3, -0.25) is 9.10 Å². The van der Waals surface area contributed by atoms with Crippen LogP contribution < -0.4 is 9.62 Å². The molecule has 130 valence electrons. The second kappa shape index (κ2) is 7.78. The van der Waals surface area contributed by atoms with E-state index in [1.165, 1.54) is 22.7 Å². The van der Waals surface area contributed by atoms with E-state index in [2.05, 4.69) is 5.32 Å². The maximum Gasteiger partial charge on any atom is 0.273 e. The van der Waals surface area contributed by atoms with Gasteiger partial charge in [0.2, 0.25) is 0 Å². The van der Waals surface area contributed by atoms with Gasteiger partial charge in [-0.15, -0.1) is 11.3 Å². The standard InChI is InChI=1S/C16H20N2O4S2/c1-12(11-22-3)17-16(19)13-6-8-14(9-7-13)18(2)24(20,21)15-5-4-10-23-15/h4-10,12H,11H2,1-3H3,(H,17,19)/t12-/m0/s1. The molecule has 1 aromatic heterocycles. The Kier molecular flexibility index (Phi) is 5.98. The predicted octanol–water partition coefficient (Wildman–Crippen LogP) is 2.34. The Bertz CT molecular complexity index is 771. The van der Waals surface area contributed by atoms with Crippen molar-refractivity contribution >= 4 is 33.0 Å². The molecule has 8 heteroatoms. The summed E-state index contributed by atoms with van der Waals surface area (Å²) in [7, 11) is -0.512. The Hall–Kier alpha value is -1.90. The smallest absolute Gasteiger partial charge is 0.273 e. The third-order valence-corrected chi connectivity index (χ3v) is 6.56. The van der Waals surface area contributed by atoms with Crippen molar-refractivity contribution in [3.8, 4) is 0 Å². The molecule has 0 bridgehead atoms. The van der Waals surface area contributed by atoms with Gasteiger partial charge in [-0.05, 0) is 42.6 Å². The summed E-state index contributed by atoms with van der Waals surface area (Å²) < 4.78 is 31.4. The number of ether oxygens (including phenoxy) is 1. The van der Waals surface area contributed by atoms with Crippen LogP contribution in [0.1, 0.15) is 17.3 Å². The van der Waals surface area contributed by atoms with E-state index < -0.39 is 10.0 Å². The minimum atomic E-state index is -3.57. The first-order chi connectivity index (χ1) is 11.4. The second-order valence-electron chi connectivity index (χ2n) is 5.28. The van der Waals surface area contributed by atoms with E-state index in [4.69, 9.17) is 4.74 Å². The van der Waals surface area contributed by atoms with Gasteiger partial charge >= 0.3 is 0 Å². The lowest BCUT2D eigenvalue weighted by Gasteiger charge is -2.19. The molecule has 0 aliphatic heterocycles. The summed E-state index contributed by atoms with van der Waals surface area (Å²) in [6, 6.07) is 9.58. The molecular weight excluding hydrogens is 348 g/mol. The SMILES string of the molecule is COC[C@H](C)NC(=O)c1ccc(N(C)S(=O)(=O)c2cccs2)cc1. The average molecular weight is 368 g/mol. The number of nitrogens with zero attached hydrogens (tertiary/aromatic N) is 1. The van der Waals surface area contributed by atoms with E-state index in [0.29, 0.717) is 17.9 Å². The van der Waals surface area contributed by atoms with Crippen LogP contribution >= 0.6 is 11.3 Å². The molecule has 0 fully saturated rings. The van der Waals surface area contributed by atoms with Crippen LogP contribution in [0.3, 0.4) is 0 Å². The molecule has 0 spiro atoms.